The van der Waals surface area contributed by atoms with Crippen molar-refractivity contribution >= 4 is 11.7 Å². The first-order valence-corrected chi connectivity index (χ1v) is 7.53. The molecule has 0 radical (unpaired) electrons. The van der Waals surface area contributed by atoms with E-state index in [-0.39, 0.29) is 5.91 Å². The van der Waals surface area contributed by atoms with Gasteiger partial charge in [-0.2, -0.15) is 0 Å². The summed E-state index contributed by atoms with van der Waals surface area (Å²) >= 11 is 0. The van der Waals surface area contributed by atoms with Crippen LogP contribution in [0, 0.1) is 17.7 Å². The molecule has 21 heavy (non-hydrogen) atoms. The number of anilines is 1. The maximum absolute atomic E-state index is 13.5. The smallest absolute Gasteiger partial charge is 0.257 e. The van der Waals surface area contributed by atoms with E-state index in [1.165, 1.54) is 6.07 Å². The van der Waals surface area contributed by atoms with Crippen LogP contribution in [0.5, 0.6) is 0 Å². The minimum Gasteiger partial charge on any atom is -0.370 e. The van der Waals surface area contributed by atoms with Gasteiger partial charge in [0.1, 0.15) is 11.6 Å². The lowest BCUT2D eigenvalue weighted by atomic mass is 10.1. The van der Waals surface area contributed by atoms with Gasteiger partial charge in [-0.15, -0.1) is 0 Å². The van der Waals surface area contributed by atoms with Gasteiger partial charge in [0.25, 0.3) is 5.91 Å². The topological polar surface area (TPSA) is 45.2 Å². The summed E-state index contributed by atoms with van der Waals surface area (Å²) in [5, 5.41) is 3.02. The maximum atomic E-state index is 13.5. The molecule has 0 atom stereocenters. The Balaban J connectivity index is 3.09. The van der Waals surface area contributed by atoms with Crippen molar-refractivity contribution in [3.05, 3.63) is 23.6 Å². The Bertz CT molecular complexity index is 465. The molecule has 0 aliphatic heterocycles. The average Bonchev–Trinajstić information content (AvgIpc) is 2.38. The fraction of sp³-hybridized carbons (Fsp3) is 0.625. The third-order valence-electron chi connectivity index (χ3n) is 2.89. The number of carbonyl (C=O) groups excluding carboxylic acids is 1. The van der Waals surface area contributed by atoms with Gasteiger partial charge in [0.15, 0.2) is 0 Å². The number of nitrogens with one attached hydrogen (secondary N) is 1. The van der Waals surface area contributed by atoms with Crippen LogP contribution in [-0.2, 0) is 0 Å². The quantitative estimate of drug-likeness (QED) is 0.838. The molecule has 0 spiro atoms. The van der Waals surface area contributed by atoms with Crippen molar-refractivity contribution in [3.8, 4) is 0 Å². The van der Waals surface area contributed by atoms with Crippen molar-refractivity contribution in [3.63, 3.8) is 0 Å². The van der Waals surface area contributed by atoms with Crippen molar-refractivity contribution in [1.82, 2.24) is 9.88 Å². The molecule has 4 nitrogen and oxygen atoms in total. The lowest BCUT2D eigenvalue weighted by Crippen LogP contribution is -2.37. The Hall–Kier alpha value is -1.65. The predicted octanol–water partition coefficient (Wildman–Crippen LogP) is 3.41. The van der Waals surface area contributed by atoms with E-state index >= 15 is 0 Å². The highest BCUT2D eigenvalue weighted by molar-refractivity contribution is 5.98. The van der Waals surface area contributed by atoms with Crippen molar-refractivity contribution in [2.24, 2.45) is 11.8 Å². The van der Waals surface area contributed by atoms with Crippen LogP contribution in [0.4, 0.5) is 10.2 Å². The molecule has 1 N–H and O–H groups in total. The molecule has 118 valence electrons. The Morgan fingerprint density at radius 1 is 1.29 bits per heavy atom. The van der Waals surface area contributed by atoms with Crippen molar-refractivity contribution in [2.45, 2.75) is 34.6 Å². The molecular weight excluding hydrogens is 269 g/mol. The summed E-state index contributed by atoms with van der Waals surface area (Å²) in [5.41, 5.74) is 0.304. The number of rotatable bonds is 7. The Labute approximate surface area is 126 Å². The molecule has 1 aromatic rings. The molecule has 0 bridgehead atoms. The van der Waals surface area contributed by atoms with Crippen LogP contribution in [0.1, 0.15) is 45.0 Å². The predicted molar refractivity (Wildman–Crippen MR) is 83.9 cm³/mol. The van der Waals surface area contributed by atoms with Gasteiger partial charge in [0.2, 0.25) is 0 Å². The normalized spacial score (nSPS) is 11.0. The van der Waals surface area contributed by atoms with Gasteiger partial charge in [-0.25, -0.2) is 9.37 Å². The second kappa shape index (κ2) is 7.96. The number of carbonyl (C=O) groups is 1. The van der Waals surface area contributed by atoms with Crippen LogP contribution < -0.4 is 5.32 Å². The molecule has 0 unspecified atom stereocenters. The highest BCUT2D eigenvalue weighted by Gasteiger charge is 2.22. The molecule has 0 aliphatic carbocycles. The molecule has 5 heteroatoms. The lowest BCUT2D eigenvalue weighted by Gasteiger charge is -2.27. The monoisotopic (exact) mass is 295 g/mol. The van der Waals surface area contributed by atoms with Crippen LogP contribution in [0.15, 0.2) is 12.3 Å². The molecule has 0 aromatic carbocycles. The van der Waals surface area contributed by atoms with Crippen molar-refractivity contribution in [1.29, 1.82) is 0 Å². The molecule has 1 amide bonds. The van der Waals surface area contributed by atoms with Crippen molar-refractivity contribution < 1.29 is 9.18 Å². The third-order valence-corrected chi connectivity index (χ3v) is 2.89. The molecular formula is C16H26FN3O. The summed E-state index contributed by atoms with van der Waals surface area (Å²) in [6.07, 6.45) is 1.13. The Morgan fingerprint density at radius 2 is 1.86 bits per heavy atom. The van der Waals surface area contributed by atoms with Gasteiger partial charge >= 0.3 is 0 Å². The SMILES string of the molecule is CCNc1ncc(F)cc1C(=O)N(CC(C)C)CC(C)C. The largest absolute Gasteiger partial charge is 0.370 e. The number of halogens is 1. The molecule has 0 aliphatic rings. The Kier molecular flexibility index (Phi) is 6.59. The molecule has 1 rings (SSSR count). The van der Waals surface area contributed by atoms with E-state index in [0.29, 0.717) is 42.9 Å². The zero-order valence-electron chi connectivity index (χ0n) is 13.6. The van der Waals surface area contributed by atoms with Crippen LogP contribution >= 0.6 is 0 Å². The van der Waals surface area contributed by atoms with Gasteiger partial charge < -0.3 is 10.2 Å². The van der Waals surface area contributed by atoms with E-state index < -0.39 is 5.82 Å². The fourth-order valence-electron chi connectivity index (χ4n) is 2.20. The van der Waals surface area contributed by atoms with E-state index in [1.54, 1.807) is 4.90 Å². The number of hydrogen-bond acceptors (Lipinski definition) is 3. The van der Waals surface area contributed by atoms with Crippen molar-refractivity contribution in [2.75, 3.05) is 25.0 Å². The molecule has 1 heterocycles. The third kappa shape index (κ3) is 5.33. The standard InChI is InChI=1S/C16H26FN3O/c1-6-18-15-14(7-13(17)8-19-15)16(21)20(9-11(2)3)10-12(4)5/h7-8,11-12H,6,9-10H2,1-5H3,(H,18,19). The van der Waals surface area contributed by atoms with Crippen LogP contribution in [0.2, 0.25) is 0 Å². The first kappa shape index (κ1) is 17.4. The van der Waals surface area contributed by atoms with Crippen LogP contribution in [0.25, 0.3) is 0 Å². The second-order valence-electron chi connectivity index (χ2n) is 6.08. The number of nitrogens with zero attached hydrogens (tertiary/aromatic N) is 2. The summed E-state index contributed by atoms with van der Waals surface area (Å²) in [5.74, 6) is 0.504. The Morgan fingerprint density at radius 3 is 2.33 bits per heavy atom. The van der Waals surface area contributed by atoms with Gasteiger partial charge in [-0.3, -0.25) is 4.79 Å². The molecule has 0 saturated carbocycles. The van der Waals surface area contributed by atoms with Gasteiger partial charge in [-0.1, -0.05) is 27.7 Å². The van der Waals surface area contributed by atoms with Gasteiger partial charge in [-0.05, 0) is 24.8 Å². The number of hydrogen-bond donors (Lipinski definition) is 1. The summed E-state index contributed by atoms with van der Waals surface area (Å²) in [4.78, 5) is 18.5. The second-order valence-corrected chi connectivity index (χ2v) is 6.08. The summed E-state index contributed by atoms with van der Waals surface area (Å²) in [6.45, 7) is 12.1. The lowest BCUT2D eigenvalue weighted by molar-refractivity contribution is 0.0715. The highest BCUT2D eigenvalue weighted by Crippen LogP contribution is 2.18. The van der Waals surface area contributed by atoms with E-state index in [0.717, 1.165) is 6.20 Å². The van der Waals surface area contributed by atoms with Gasteiger partial charge in [0, 0.05) is 19.6 Å². The minimum atomic E-state index is -0.492. The van der Waals surface area contributed by atoms with E-state index in [1.807, 2.05) is 6.92 Å². The van der Waals surface area contributed by atoms with Crippen LogP contribution in [0.3, 0.4) is 0 Å². The maximum Gasteiger partial charge on any atom is 0.257 e. The van der Waals surface area contributed by atoms with Gasteiger partial charge in [0.05, 0.1) is 11.8 Å². The summed E-state index contributed by atoms with van der Waals surface area (Å²) in [6, 6.07) is 1.26. The number of pyridine rings is 1. The highest BCUT2D eigenvalue weighted by atomic mass is 19.1. The molecule has 0 saturated heterocycles. The number of aromatic nitrogens is 1. The zero-order chi connectivity index (χ0) is 16.0. The van der Waals surface area contributed by atoms with E-state index in [2.05, 4.69) is 38.0 Å². The fourth-order valence-corrected chi connectivity index (χ4v) is 2.20. The van der Waals surface area contributed by atoms with Crippen LogP contribution in [-0.4, -0.2) is 35.4 Å². The first-order valence-electron chi connectivity index (χ1n) is 7.53. The molecule has 1 aromatic heterocycles. The summed E-state index contributed by atoms with van der Waals surface area (Å²) < 4.78 is 13.5. The van der Waals surface area contributed by atoms with E-state index in [4.69, 9.17) is 0 Å². The first-order chi connectivity index (χ1) is 9.85. The average molecular weight is 295 g/mol. The molecule has 0 fully saturated rings. The number of amides is 1. The minimum absolute atomic E-state index is 0.166. The van der Waals surface area contributed by atoms with E-state index in [9.17, 15) is 9.18 Å². The summed E-state index contributed by atoms with van der Waals surface area (Å²) in [7, 11) is 0. The zero-order valence-corrected chi connectivity index (χ0v) is 13.6.